The number of hydrogen-bond acceptors (Lipinski definition) is 6. The summed E-state index contributed by atoms with van der Waals surface area (Å²) in [6.07, 6.45) is 15.7. The highest BCUT2D eigenvalue weighted by molar-refractivity contribution is 5.99. The zero-order chi connectivity index (χ0) is 29.9. The molecule has 0 saturated heterocycles. The fraction of sp³-hybridized carbons (Fsp3) is 0.429. The van der Waals surface area contributed by atoms with Crippen LogP contribution in [0.4, 0.5) is 0 Å². The second kappa shape index (κ2) is 15.3. The Balaban J connectivity index is 0.000000171. The molecule has 0 radical (unpaired) electrons. The lowest BCUT2D eigenvalue weighted by molar-refractivity contribution is 0.0935. The van der Waals surface area contributed by atoms with Gasteiger partial charge in [-0.3, -0.25) is 9.59 Å². The Labute approximate surface area is 253 Å². The van der Waals surface area contributed by atoms with Crippen molar-refractivity contribution in [1.29, 1.82) is 0 Å². The van der Waals surface area contributed by atoms with Crippen molar-refractivity contribution >= 4 is 11.8 Å². The van der Waals surface area contributed by atoms with Crippen molar-refractivity contribution in [2.45, 2.75) is 71.1 Å². The average Bonchev–Trinajstić information content (AvgIpc) is 3.76. The van der Waals surface area contributed by atoms with Gasteiger partial charge in [0, 0.05) is 24.2 Å². The smallest absolute Gasteiger partial charge is 0.256 e. The highest BCUT2D eigenvalue weighted by Crippen LogP contribution is 2.27. The Morgan fingerprint density at radius 3 is 1.56 bits per heavy atom. The molecule has 4 aromatic rings. The van der Waals surface area contributed by atoms with Crippen molar-refractivity contribution in [2.24, 2.45) is 11.8 Å². The van der Waals surface area contributed by atoms with E-state index in [0.717, 1.165) is 24.2 Å². The van der Waals surface area contributed by atoms with Gasteiger partial charge >= 0.3 is 0 Å². The van der Waals surface area contributed by atoms with Crippen LogP contribution in [0.15, 0.2) is 76.0 Å². The minimum absolute atomic E-state index is 0.0950. The molecule has 6 rings (SSSR count). The first kappa shape index (κ1) is 30.3. The number of nitrogens with zero attached hydrogens (tertiary/aromatic N) is 2. The molecule has 2 N–H and O–H groups in total. The lowest BCUT2D eigenvalue weighted by Gasteiger charge is -2.21. The number of aryl methyl sites for hydroxylation is 1. The minimum Gasteiger partial charge on any atom is -0.355 e. The highest BCUT2D eigenvalue weighted by Gasteiger charge is 2.21. The Bertz CT molecular complexity index is 1430. The number of hydrogen-bond donors (Lipinski definition) is 2. The van der Waals surface area contributed by atoms with Crippen molar-refractivity contribution < 1.29 is 18.6 Å². The number of carbonyl (C=O) groups excluding carboxylic acids is 2. The van der Waals surface area contributed by atoms with Crippen LogP contribution < -0.4 is 10.6 Å². The second-order valence-corrected chi connectivity index (χ2v) is 11.8. The summed E-state index contributed by atoms with van der Waals surface area (Å²) >= 11 is 0. The molecule has 2 heterocycles. The third-order valence-electron chi connectivity index (χ3n) is 8.53. The number of amides is 2. The summed E-state index contributed by atoms with van der Waals surface area (Å²) in [6.45, 7) is 3.53. The van der Waals surface area contributed by atoms with Crippen LogP contribution in [0.2, 0.25) is 0 Å². The molecule has 2 aromatic heterocycles. The van der Waals surface area contributed by atoms with Gasteiger partial charge in [-0.05, 0) is 44.4 Å². The standard InChI is InChI=1S/C18H22N2O2.C17H20N2O2/c1-13-7-9-15(10-8-13)17-16(12-20-22-17)18(21)19-11-14-5-3-2-4-6-14;20-17(18-11-13-7-3-1-4-8-13)15-12-19-21-16(15)14-9-5-2-6-10-14/h7-10,12,14H,2-6,11H2,1H3,(H,19,21);2,5-6,9-10,12-13H,1,3-4,7-8,11H2,(H,18,20). The largest absolute Gasteiger partial charge is 0.355 e. The predicted octanol–water partition coefficient (Wildman–Crippen LogP) is 7.61. The molecule has 0 aliphatic heterocycles. The Morgan fingerprint density at radius 1 is 0.651 bits per heavy atom. The van der Waals surface area contributed by atoms with Gasteiger partial charge in [0.05, 0.1) is 12.4 Å². The van der Waals surface area contributed by atoms with Gasteiger partial charge in [-0.25, -0.2) is 0 Å². The normalized spacial score (nSPS) is 15.7. The fourth-order valence-electron chi connectivity index (χ4n) is 5.96. The first-order chi connectivity index (χ1) is 21.1. The number of benzene rings is 2. The van der Waals surface area contributed by atoms with Gasteiger partial charge in [-0.1, -0.05) is 109 Å². The lowest BCUT2D eigenvalue weighted by Crippen LogP contribution is -2.30. The number of nitrogens with one attached hydrogen (secondary N) is 2. The van der Waals surface area contributed by atoms with Crippen molar-refractivity contribution in [3.05, 3.63) is 83.7 Å². The van der Waals surface area contributed by atoms with E-state index >= 15 is 0 Å². The maximum atomic E-state index is 12.4. The summed E-state index contributed by atoms with van der Waals surface area (Å²) in [5.74, 6) is 2.11. The summed E-state index contributed by atoms with van der Waals surface area (Å²) in [4.78, 5) is 24.7. The van der Waals surface area contributed by atoms with Crippen molar-refractivity contribution in [3.8, 4) is 22.6 Å². The number of rotatable bonds is 8. The quantitative estimate of drug-likeness (QED) is 0.221. The maximum Gasteiger partial charge on any atom is 0.256 e. The molecule has 2 aliphatic rings. The molecule has 8 nitrogen and oxygen atoms in total. The van der Waals surface area contributed by atoms with Crippen LogP contribution in [-0.4, -0.2) is 35.2 Å². The van der Waals surface area contributed by atoms with Crippen LogP contribution in [0.5, 0.6) is 0 Å². The zero-order valence-electron chi connectivity index (χ0n) is 25.0. The molecule has 2 amide bonds. The summed E-state index contributed by atoms with van der Waals surface area (Å²) in [6, 6.07) is 17.5. The van der Waals surface area contributed by atoms with E-state index in [4.69, 9.17) is 9.05 Å². The molecule has 8 heteroatoms. The molecule has 0 spiro atoms. The molecule has 43 heavy (non-hydrogen) atoms. The maximum absolute atomic E-state index is 12.4. The van der Waals surface area contributed by atoms with Gasteiger partial charge in [-0.2, -0.15) is 0 Å². The third kappa shape index (κ3) is 8.43. The molecule has 0 bridgehead atoms. The lowest BCUT2D eigenvalue weighted by atomic mass is 9.89. The predicted molar refractivity (Wildman–Crippen MR) is 166 cm³/mol. The first-order valence-corrected chi connectivity index (χ1v) is 15.7. The SMILES string of the molecule is Cc1ccc(-c2oncc2C(=O)NCC2CCCCC2)cc1.O=C(NCC1CCCCC1)c1cnoc1-c1ccccc1. The van der Waals surface area contributed by atoms with E-state index in [0.29, 0.717) is 34.5 Å². The van der Waals surface area contributed by atoms with Crippen LogP contribution in [0, 0.1) is 18.8 Å². The number of carbonyl (C=O) groups is 2. The third-order valence-corrected chi connectivity index (χ3v) is 8.53. The summed E-state index contributed by atoms with van der Waals surface area (Å²) in [5.41, 5.74) is 3.95. The topological polar surface area (TPSA) is 110 Å². The van der Waals surface area contributed by atoms with E-state index in [1.807, 2.05) is 61.5 Å². The van der Waals surface area contributed by atoms with E-state index in [-0.39, 0.29) is 11.8 Å². The van der Waals surface area contributed by atoms with Gasteiger partial charge in [0.1, 0.15) is 11.1 Å². The van der Waals surface area contributed by atoms with Gasteiger partial charge in [0.25, 0.3) is 11.8 Å². The van der Waals surface area contributed by atoms with Gasteiger partial charge in [-0.15, -0.1) is 0 Å². The molecule has 2 aliphatic carbocycles. The van der Waals surface area contributed by atoms with Gasteiger partial charge in [0.2, 0.25) is 0 Å². The van der Waals surface area contributed by atoms with Gasteiger partial charge in [0.15, 0.2) is 11.5 Å². The highest BCUT2D eigenvalue weighted by atomic mass is 16.5. The van der Waals surface area contributed by atoms with Crippen LogP contribution in [-0.2, 0) is 0 Å². The monoisotopic (exact) mass is 582 g/mol. The fourth-order valence-corrected chi connectivity index (χ4v) is 5.96. The first-order valence-electron chi connectivity index (χ1n) is 15.7. The van der Waals surface area contributed by atoms with E-state index in [2.05, 4.69) is 20.9 Å². The van der Waals surface area contributed by atoms with Crippen LogP contribution in [0.1, 0.15) is 90.5 Å². The average molecular weight is 583 g/mol. The summed E-state index contributed by atoms with van der Waals surface area (Å²) in [7, 11) is 0. The molecule has 2 saturated carbocycles. The second-order valence-electron chi connectivity index (χ2n) is 11.8. The molecular weight excluding hydrogens is 540 g/mol. The molecular formula is C35H42N4O4. The zero-order valence-corrected chi connectivity index (χ0v) is 25.0. The summed E-state index contributed by atoms with van der Waals surface area (Å²) in [5, 5.41) is 13.6. The van der Waals surface area contributed by atoms with Crippen molar-refractivity contribution in [3.63, 3.8) is 0 Å². The van der Waals surface area contributed by atoms with E-state index < -0.39 is 0 Å². The Hall–Kier alpha value is -4.20. The number of aromatic nitrogens is 2. The van der Waals surface area contributed by atoms with Crippen LogP contribution in [0.25, 0.3) is 22.6 Å². The van der Waals surface area contributed by atoms with Gasteiger partial charge < -0.3 is 19.7 Å². The molecule has 226 valence electrons. The molecule has 2 aromatic carbocycles. The summed E-state index contributed by atoms with van der Waals surface area (Å²) < 4.78 is 10.5. The Morgan fingerprint density at radius 2 is 1.09 bits per heavy atom. The molecule has 0 unspecified atom stereocenters. The van der Waals surface area contributed by atoms with E-state index in [9.17, 15) is 9.59 Å². The molecule has 0 atom stereocenters. The van der Waals surface area contributed by atoms with Crippen molar-refractivity contribution in [1.82, 2.24) is 20.9 Å². The van der Waals surface area contributed by atoms with Crippen LogP contribution >= 0.6 is 0 Å². The molecule has 2 fully saturated rings. The van der Waals surface area contributed by atoms with Crippen LogP contribution in [0.3, 0.4) is 0 Å². The van der Waals surface area contributed by atoms with Crippen molar-refractivity contribution in [2.75, 3.05) is 13.1 Å². The minimum atomic E-state index is -0.0966. The Kier molecular flexibility index (Phi) is 10.8. The van der Waals surface area contributed by atoms with E-state index in [1.54, 1.807) is 0 Å². The van der Waals surface area contributed by atoms with E-state index in [1.165, 1.54) is 82.2 Å².